The molecule has 0 aliphatic carbocycles. The molecule has 0 aromatic heterocycles. The third-order valence-electron chi connectivity index (χ3n) is 6.75. The molecule has 3 heterocycles. The maximum absolute atomic E-state index is 13.8. The van der Waals surface area contributed by atoms with Crippen LogP contribution < -0.4 is 4.90 Å². The van der Waals surface area contributed by atoms with Gasteiger partial charge >= 0.3 is 0 Å². The number of imide groups is 1. The Hall–Kier alpha value is -4.44. The maximum Gasteiger partial charge on any atom is 0.264 e. The average Bonchev–Trinajstić information content (AvgIpc) is 3.60. The number of benzene rings is 3. The van der Waals surface area contributed by atoms with Gasteiger partial charge in [0.25, 0.3) is 17.7 Å². The third kappa shape index (κ3) is 4.12. The van der Waals surface area contributed by atoms with E-state index in [2.05, 4.69) is 15.4 Å². The summed E-state index contributed by atoms with van der Waals surface area (Å²) in [5.41, 5.74) is 2.57. The number of rotatable bonds is 5. The fraction of sp³-hybridized carbons (Fsp3) is 0.185. The van der Waals surface area contributed by atoms with E-state index in [9.17, 15) is 18.8 Å². The van der Waals surface area contributed by atoms with E-state index in [1.165, 1.54) is 28.2 Å². The molecule has 0 radical (unpaired) electrons. The maximum atomic E-state index is 13.8. The minimum absolute atomic E-state index is 0.108. The van der Waals surface area contributed by atoms with Gasteiger partial charge in [-0.2, -0.15) is 10.2 Å². The molecule has 38 heavy (non-hydrogen) atoms. The Labute approximate surface area is 221 Å². The van der Waals surface area contributed by atoms with E-state index < -0.39 is 35.6 Å². The summed E-state index contributed by atoms with van der Waals surface area (Å²) in [4.78, 5) is 40.6. The highest BCUT2D eigenvalue weighted by molar-refractivity contribution is 6.30. The summed E-state index contributed by atoms with van der Waals surface area (Å²) in [5.74, 6) is -2.22. The highest BCUT2D eigenvalue weighted by atomic mass is 35.5. The fourth-order valence-corrected chi connectivity index (χ4v) is 5.05. The first-order chi connectivity index (χ1) is 18.4. The quantitative estimate of drug-likeness (QED) is 0.463. The van der Waals surface area contributed by atoms with Crippen LogP contribution in [0.1, 0.15) is 23.6 Å². The largest absolute Gasteiger partial charge is 0.271 e. The van der Waals surface area contributed by atoms with Gasteiger partial charge < -0.3 is 0 Å². The zero-order valence-electron chi connectivity index (χ0n) is 19.8. The number of halogens is 2. The molecule has 0 spiro atoms. The van der Waals surface area contributed by atoms with Crippen LogP contribution in [0.5, 0.6) is 0 Å². The lowest BCUT2D eigenvalue weighted by molar-refractivity contribution is -0.135. The summed E-state index contributed by atoms with van der Waals surface area (Å²) in [6.07, 6.45) is 0.482. The van der Waals surface area contributed by atoms with E-state index in [0.717, 1.165) is 22.1 Å². The topological polar surface area (TPSA) is 98.0 Å². The van der Waals surface area contributed by atoms with Crippen LogP contribution in [0.3, 0.4) is 0 Å². The van der Waals surface area contributed by atoms with Gasteiger partial charge in [-0.15, -0.1) is 0 Å². The smallest absolute Gasteiger partial charge is 0.264 e. The molecule has 3 aliphatic rings. The second-order valence-corrected chi connectivity index (χ2v) is 9.54. The van der Waals surface area contributed by atoms with E-state index in [-0.39, 0.29) is 18.3 Å². The van der Waals surface area contributed by atoms with Crippen molar-refractivity contribution in [2.24, 2.45) is 15.4 Å². The molecule has 6 rings (SSSR count). The summed E-state index contributed by atoms with van der Waals surface area (Å²) in [6, 6.07) is 19.4. The summed E-state index contributed by atoms with van der Waals surface area (Å²) in [7, 11) is 0. The van der Waals surface area contributed by atoms with Gasteiger partial charge in [0, 0.05) is 11.4 Å². The van der Waals surface area contributed by atoms with Crippen LogP contribution in [0.25, 0.3) is 0 Å². The highest BCUT2D eigenvalue weighted by Gasteiger charge is 2.55. The molecule has 9 nitrogen and oxygen atoms in total. The molecule has 0 N–H and O–H groups in total. The highest BCUT2D eigenvalue weighted by Crippen LogP contribution is 2.35. The van der Waals surface area contributed by atoms with Crippen LogP contribution in [0, 0.1) is 5.82 Å². The predicted octanol–water partition coefficient (Wildman–Crippen LogP) is 4.15. The van der Waals surface area contributed by atoms with Crippen LogP contribution in [0.2, 0.25) is 5.02 Å². The number of hydrazone groups is 1. The number of carbonyl (C=O) groups excluding carboxylic acids is 3. The lowest BCUT2D eigenvalue weighted by Gasteiger charge is -2.25. The van der Waals surface area contributed by atoms with Crippen LogP contribution in [0.15, 0.2) is 94.3 Å². The number of fused-ring (bicyclic) bond motifs is 1. The Morgan fingerprint density at radius 2 is 1.74 bits per heavy atom. The van der Waals surface area contributed by atoms with Crippen LogP contribution in [-0.4, -0.2) is 52.1 Å². The minimum atomic E-state index is -1.10. The van der Waals surface area contributed by atoms with Gasteiger partial charge in [0.1, 0.15) is 12.4 Å². The molecule has 3 aromatic carbocycles. The lowest BCUT2D eigenvalue weighted by atomic mass is 9.98. The first kappa shape index (κ1) is 23.9. The monoisotopic (exact) mass is 530 g/mol. The number of anilines is 1. The van der Waals surface area contributed by atoms with Crippen molar-refractivity contribution >= 4 is 40.7 Å². The van der Waals surface area contributed by atoms with E-state index in [1.54, 1.807) is 12.1 Å². The molecule has 3 aromatic rings. The zero-order chi connectivity index (χ0) is 26.4. The second kappa shape index (κ2) is 9.46. The van der Waals surface area contributed by atoms with Crippen molar-refractivity contribution in [3.63, 3.8) is 0 Å². The first-order valence-electron chi connectivity index (χ1n) is 11.9. The van der Waals surface area contributed by atoms with Crippen molar-refractivity contribution in [3.8, 4) is 0 Å². The molecule has 0 unspecified atom stereocenters. The Balaban J connectivity index is 1.26. The average molecular weight is 531 g/mol. The van der Waals surface area contributed by atoms with Gasteiger partial charge in [0.2, 0.25) is 0 Å². The molecular formula is C27H20ClFN6O3. The van der Waals surface area contributed by atoms with Gasteiger partial charge in [-0.1, -0.05) is 65.4 Å². The minimum Gasteiger partial charge on any atom is -0.271 e. The zero-order valence-corrected chi connectivity index (χ0v) is 20.6. The number of hydrogen-bond acceptors (Lipinski definition) is 7. The molecule has 3 amide bonds. The first-order valence-corrected chi connectivity index (χ1v) is 12.3. The van der Waals surface area contributed by atoms with Gasteiger partial charge in [-0.25, -0.2) is 14.3 Å². The van der Waals surface area contributed by atoms with E-state index >= 15 is 0 Å². The van der Waals surface area contributed by atoms with Crippen molar-refractivity contribution in [1.82, 2.24) is 10.0 Å². The Morgan fingerprint density at radius 1 is 0.974 bits per heavy atom. The fourth-order valence-electron chi connectivity index (χ4n) is 4.93. The second-order valence-electron chi connectivity index (χ2n) is 9.11. The number of carbonyl (C=O) groups is 3. The standard InChI is InChI=1S/C27H20ClFN6O3/c28-18-11-9-16(10-12-18)21-14-22(17-5-2-1-3-6-17)35(31-21)23(36)15-33-25-24(30-32-33)26(37)34(27(25)38)20-8-4-7-19(29)13-20/h1-13,22,24-25H,14-15H2/t22-,24-,25-/m0/s1. The van der Waals surface area contributed by atoms with Crippen LogP contribution in [-0.2, 0) is 14.4 Å². The SMILES string of the molecule is O=C1[C@H]2N=NN(CC(=O)N3N=C(c4ccc(Cl)cc4)C[C@H]3c3ccccc3)[C@@H]2C(=O)N1c1cccc(F)c1. The van der Waals surface area contributed by atoms with E-state index in [4.69, 9.17) is 11.6 Å². The molecule has 1 fully saturated rings. The Kier molecular flexibility index (Phi) is 5.96. The van der Waals surface area contributed by atoms with E-state index in [1.807, 2.05) is 42.5 Å². The summed E-state index contributed by atoms with van der Waals surface area (Å²) >= 11 is 6.04. The lowest BCUT2D eigenvalue weighted by Crippen LogP contribution is -2.44. The molecule has 0 bridgehead atoms. The van der Waals surface area contributed by atoms with Crippen LogP contribution in [0.4, 0.5) is 10.1 Å². The molecule has 190 valence electrons. The molecule has 11 heteroatoms. The molecule has 1 saturated heterocycles. The third-order valence-corrected chi connectivity index (χ3v) is 7.00. The van der Waals surface area contributed by atoms with Crippen molar-refractivity contribution < 1.29 is 18.8 Å². The number of hydrogen-bond donors (Lipinski definition) is 0. The molecular weight excluding hydrogens is 511 g/mol. The normalized spacial score (nSPS) is 22.3. The molecule has 3 atom stereocenters. The summed E-state index contributed by atoms with van der Waals surface area (Å²) in [5, 5.41) is 15.8. The molecule has 0 saturated carbocycles. The number of amides is 3. The van der Waals surface area contributed by atoms with Crippen molar-refractivity contribution in [3.05, 3.63) is 101 Å². The van der Waals surface area contributed by atoms with Gasteiger partial charge in [0.15, 0.2) is 12.1 Å². The predicted molar refractivity (Wildman–Crippen MR) is 137 cm³/mol. The Bertz CT molecular complexity index is 1500. The number of nitrogens with zero attached hydrogens (tertiary/aromatic N) is 6. The molecule has 3 aliphatic heterocycles. The van der Waals surface area contributed by atoms with Crippen molar-refractivity contribution in [1.29, 1.82) is 0 Å². The summed E-state index contributed by atoms with van der Waals surface area (Å²) < 4.78 is 13.8. The van der Waals surface area contributed by atoms with Crippen molar-refractivity contribution in [2.75, 3.05) is 11.4 Å². The Morgan fingerprint density at radius 3 is 2.47 bits per heavy atom. The van der Waals surface area contributed by atoms with Gasteiger partial charge in [-0.05, 0) is 41.5 Å². The summed E-state index contributed by atoms with van der Waals surface area (Å²) in [6.45, 7) is -0.318. The van der Waals surface area contributed by atoms with E-state index in [0.29, 0.717) is 17.2 Å². The van der Waals surface area contributed by atoms with Crippen LogP contribution >= 0.6 is 11.6 Å². The van der Waals surface area contributed by atoms with Gasteiger partial charge in [0.05, 0.1) is 17.4 Å². The van der Waals surface area contributed by atoms with Crippen molar-refractivity contribution in [2.45, 2.75) is 24.5 Å². The van der Waals surface area contributed by atoms with Gasteiger partial charge in [-0.3, -0.25) is 19.4 Å².